The predicted molar refractivity (Wildman–Crippen MR) is 72.3 cm³/mol. The Labute approximate surface area is 112 Å². The van der Waals surface area contributed by atoms with Crippen molar-refractivity contribution in [3.05, 3.63) is 59.7 Å². The number of aryl methyl sites for hydroxylation is 1. The van der Waals surface area contributed by atoms with Crippen LogP contribution in [-0.2, 0) is 13.0 Å². The van der Waals surface area contributed by atoms with Gasteiger partial charge in [0.1, 0.15) is 11.6 Å². The van der Waals surface area contributed by atoms with E-state index in [1.807, 2.05) is 12.1 Å². The van der Waals surface area contributed by atoms with Gasteiger partial charge in [-0.15, -0.1) is 0 Å². The van der Waals surface area contributed by atoms with E-state index in [4.69, 9.17) is 10.5 Å². The lowest BCUT2D eigenvalue weighted by Crippen LogP contribution is -2.02. The molecule has 0 aliphatic heterocycles. The van der Waals surface area contributed by atoms with E-state index in [-0.39, 0.29) is 5.82 Å². The first-order chi connectivity index (χ1) is 9.28. The Morgan fingerprint density at radius 2 is 1.89 bits per heavy atom. The molecule has 1 heterocycles. The fourth-order valence-corrected chi connectivity index (χ4v) is 1.84. The van der Waals surface area contributed by atoms with Gasteiger partial charge in [0.2, 0.25) is 0 Å². The lowest BCUT2D eigenvalue weighted by atomic mass is 10.1. The van der Waals surface area contributed by atoms with Gasteiger partial charge in [-0.1, -0.05) is 0 Å². The molecule has 2 aromatic rings. The summed E-state index contributed by atoms with van der Waals surface area (Å²) in [6.07, 6.45) is 5.34. The minimum Gasteiger partial charge on any atom is -0.493 e. The Bertz CT molecular complexity index is 517. The molecule has 0 spiro atoms. The number of benzene rings is 1. The van der Waals surface area contributed by atoms with Crippen molar-refractivity contribution in [3.63, 3.8) is 0 Å². The lowest BCUT2D eigenvalue weighted by Gasteiger charge is -2.08. The Kier molecular flexibility index (Phi) is 4.86. The van der Waals surface area contributed by atoms with Gasteiger partial charge in [0.05, 0.1) is 6.61 Å². The highest BCUT2D eigenvalue weighted by Gasteiger charge is 2.01. The molecule has 3 nitrogen and oxygen atoms in total. The van der Waals surface area contributed by atoms with Crippen LogP contribution in [0.5, 0.6) is 5.75 Å². The quantitative estimate of drug-likeness (QED) is 0.812. The number of nitrogens with zero attached hydrogens (tertiary/aromatic N) is 1. The van der Waals surface area contributed by atoms with Gasteiger partial charge in [0.15, 0.2) is 0 Å². The van der Waals surface area contributed by atoms with Crippen molar-refractivity contribution in [3.8, 4) is 5.75 Å². The molecule has 1 aromatic carbocycles. The Morgan fingerprint density at radius 1 is 1.11 bits per heavy atom. The van der Waals surface area contributed by atoms with E-state index in [2.05, 4.69) is 4.98 Å². The standard InChI is InChI=1S/C15H17FN2O/c16-14-8-13(11-17)9-15(10-14)19-7-1-2-12-3-5-18-6-4-12/h3-6,8-10H,1-2,7,11,17H2. The molecule has 0 bridgehead atoms. The summed E-state index contributed by atoms with van der Waals surface area (Å²) < 4.78 is 18.8. The lowest BCUT2D eigenvalue weighted by molar-refractivity contribution is 0.309. The summed E-state index contributed by atoms with van der Waals surface area (Å²) in [6, 6.07) is 8.54. The molecule has 0 aliphatic rings. The van der Waals surface area contributed by atoms with Crippen molar-refractivity contribution >= 4 is 0 Å². The molecule has 0 unspecified atom stereocenters. The van der Waals surface area contributed by atoms with Crippen LogP contribution in [0.15, 0.2) is 42.7 Å². The minimum absolute atomic E-state index is 0.311. The number of rotatable bonds is 6. The third-order valence-electron chi connectivity index (χ3n) is 2.79. The Hall–Kier alpha value is -1.94. The first-order valence-corrected chi connectivity index (χ1v) is 6.29. The van der Waals surface area contributed by atoms with Gasteiger partial charge < -0.3 is 10.5 Å². The van der Waals surface area contributed by atoms with Crippen LogP contribution >= 0.6 is 0 Å². The molecule has 0 saturated heterocycles. The van der Waals surface area contributed by atoms with Crippen LogP contribution in [0.4, 0.5) is 4.39 Å². The summed E-state index contributed by atoms with van der Waals surface area (Å²) >= 11 is 0. The SMILES string of the molecule is NCc1cc(F)cc(OCCCc2ccncc2)c1. The van der Waals surface area contributed by atoms with Crippen molar-refractivity contribution in [2.45, 2.75) is 19.4 Å². The van der Waals surface area contributed by atoms with Gasteiger partial charge in [-0.05, 0) is 48.2 Å². The number of ether oxygens (including phenoxy) is 1. The van der Waals surface area contributed by atoms with Crippen LogP contribution in [0.1, 0.15) is 17.5 Å². The van der Waals surface area contributed by atoms with E-state index >= 15 is 0 Å². The summed E-state index contributed by atoms with van der Waals surface area (Å²) in [5.41, 5.74) is 7.45. The van der Waals surface area contributed by atoms with Gasteiger partial charge in [0.25, 0.3) is 0 Å². The highest BCUT2D eigenvalue weighted by Crippen LogP contribution is 2.16. The third-order valence-corrected chi connectivity index (χ3v) is 2.79. The second-order valence-corrected chi connectivity index (χ2v) is 4.31. The van der Waals surface area contributed by atoms with Gasteiger partial charge in [-0.25, -0.2) is 4.39 Å². The molecule has 2 N–H and O–H groups in total. The molecule has 2 rings (SSSR count). The summed E-state index contributed by atoms with van der Waals surface area (Å²) in [7, 11) is 0. The van der Waals surface area contributed by atoms with E-state index in [9.17, 15) is 4.39 Å². The van der Waals surface area contributed by atoms with E-state index < -0.39 is 0 Å². The fraction of sp³-hybridized carbons (Fsp3) is 0.267. The number of nitrogens with two attached hydrogens (primary N) is 1. The van der Waals surface area contributed by atoms with E-state index in [1.165, 1.54) is 17.7 Å². The maximum absolute atomic E-state index is 13.2. The number of hydrogen-bond donors (Lipinski definition) is 1. The largest absolute Gasteiger partial charge is 0.493 e. The minimum atomic E-state index is -0.313. The number of aromatic nitrogens is 1. The molecule has 0 amide bonds. The van der Waals surface area contributed by atoms with Gasteiger partial charge >= 0.3 is 0 Å². The summed E-state index contributed by atoms with van der Waals surface area (Å²) in [5, 5.41) is 0. The molecule has 100 valence electrons. The molecular weight excluding hydrogens is 243 g/mol. The Morgan fingerprint density at radius 3 is 2.63 bits per heavy atom. The first-order valence-electron chi connectivity index (χ1n) is 6.29. The predicted octanol–water partition coefficient (Wildman–Crippen LogP) is 2.69. The van der Waals surface area contributed by atoms with Crippen molar-refractivity contribution < 1.29 is 9.13 Å². The van der Waals surface area contributed by atoms with Crippen LogP contribution in [0.2, 0.25) is 0 Å². The third kappa shape index (κ3) is 4.34. The summed E-state index contributed by atoms with van der Waals surface area (Å²) in [5.74, 6) is 0.224. The number of pyridine rings is 1. The Balaban J connectivity index is 1.81. The normalized spacial score (nSPS) is 10.4. The van der Waals surface area contributed by atoms with Gasteiger partial charge in [-0.2, -0.15) is 0 Å². The topological polar surface area (TPSA) is 48.1 Å². The van der Waals surface area contributed by atoms with Crippen LogP contribution < -0.4 is 10.5 Å². The molecule has 19 heavy (non-hydrogen) atoms. The van der Waals surface area contributed by atoms with Crippen molar-refractivity contribution in [2.75, 3.05) is 6.61 Å². The second-order valence-electron chi connectivity index (χ2n) is 4.31. The highest BCUT2D eigenvalue weighted by molar-refractivity contribution is 5.29. The average Bonchev–Trinajstić information content (AvgIpc) is 2.44. The van der Waals surface area contributed by atoms with E-state index in [1.54, 1.807) is 18.5 Å². The highest BCUT2D eigenvalue weighted by atomic mass is 19.1. The van der Waals surface area contributed by atoms with E-state index in [0.29, 0.717) is 18.9 Å². The number of hydrogen-bond acceptors (Lipinski definition) is 3. The molecule has 0 fully saturated rings. The average molecular weight is 260 g/mol. The smallest absolute Gasteiger partial charge is 0.127 e. The maximum Gasteiger partial charge on any atom is 0.127 e. The zero-order chi connectivity index (χ0) is 13.5. The summed E-state index contributed by atoms with van der Waals surface area (Å²) in [6.45, 7) is 0.862. The first kappa shape index (κ1) is 13.5. The molecule has 4 heteroatoms. The summed E-state index contributed by atoms with van der Waals surface area (Å²) in [4.78, 5) is 3.97. The zero-order valence-corrected chi connectivity index (χ0v) is 10.7. The van der Waals surface area contributed by atoms with Gasteiger partial charge in [-0.3, -0.25) is 4.98 Å². The molecule has 0 atom stereocenters. The monoisotopic (exact) mass is 260 g/mol. The molecular formula is C15H17FN2O. The van der Waals surface area contributed by atoms with Crippen molar-refractivity contribution in [1.29, 1.82) is 0 Å². The van der Waals surface area contributed by atoms with Crippen molar-refractivity contribution in [1.82, 2.24) is 4.98 Å². The molecule has 0 saturated carbocycles. The van der Waals surface area contributed by atoms with Crippen LogP contribution in [0.3, 0.4) is 0 Å². The zero-order valence-electron chi connectivity index (χ0n) is 10.7. The number of halogens is 1. The van der Waals surface area contributed by atoms with Gasteiger partial charge in [0, 0.05) is 25.0 Å². The molecule has 0 aliphatic carbocycles. The maximum atomic E-state index is 13.2. The fourth-order valence-electron chi connectivity index (χ4n) is 1.84. The van der Waals surface area contributed by atoms with E-state index in [0.717, 1.165) is 18.4 Å². The molecule has 1 aromatic heterocycles. The van der Waals surface area contributed by atoms with Crippen LogP contribution in [0.25, 0.3) is 0 Å². The molecule has 0 radical (unpaired) electrons. The van der Waals surface area contributed by atoms with Crippen LogP contribution in [0, 0.1) is 5.82 Å². The van der Waals surface area contributed by atoms with Crippen LogP contribution in [-0.4, -0.2) is 11.6 Å². The van der Waals surface area contributed by atoms with Crippen molar-refractivity contribution in [2.24, 2.45) is 5.73 Å². The second kappa shape index (κ2) is 6.85.